The molecule has 21 heavy (non-hydrogen) atoms. The van der Waals surface area contributed by atoms with Crippen molar-refractivity contribution in [1.29, 1.82) is 0 Å². The van der Waals surface area contributed by atoms with Gasteiger partial charge in [0.25, 0.3) is 0 Å². The van der Waals surface area contributed by atoms with Crippen molar-refractivity contribution >= 4 is 39.3 Å². The first-order chi connectivity index (χ1) is 10.2. The Morgan fingerprint density at radius 3 is 2.52 bits per heavy atom. The molecular weight excluding hydrogens is 350 g/mol. The first-order valence-electron chi connectivity index (χ1n) is 6.55. The quantitative estimate of drug-likeness (QED) is 0.747. The first-order valence-corrected chi connectivity index (χ1v) is 8.50. The molecule has 0 heterocycles. The summed E-state index contributed by atoms with van der Waals surface area (Å²) in [6, 6.07) is 17.2. The van der Waals surface area contributed by atoms with Crippen molar-refractivity contribution in [3.8, 4) is 5.75 Å². The molecule has 0 saturated heterocycles. The molecule has 0 spiro atoms. The van der Waals surface area contributed by atoms with Crippen molar-refractivity contribution in [2.45, 2.75) is 0 Å². The number of halogens is 1. The van der Waals surface area contributed by atoms with Gasteiger partial charge in [-0.2, -0.15) is 0 Å². The van der Waals surface area contributed by atoms with Crippen LogP contribution in [0.1, 0.15) is 0 Å². The summed E-state index contributed by atoms with van der Waals surface area (Å²) in [5, 5.41) is 2.86. The molecule has 1 N–H and O–H groups in total. The molecule has 0 atom stereocenters. The normalized spacial score (nSPS) is 10.1. The van der Waals surface area contributed by atoms with Crippen molar-refractivity contribution < 1.29 is 9.53 Å². The summed E-state index contributed by atoms with van der Waals surface area (Å²) < 4.78 is 6.55. The third kappa shape index (κ3) is 6.23. The van der Waals surface area contributed by atoms with E-state index in [1.54, 1.807) is 11.8 Å². The topological polar surface area (TPSA) is 38.3 Å². The van der Waals surface area contributed by atoms with Crippen molar-refractivity contribution in [3.63, 3.8) is 0 Å². The van der Waals surface area contributed by atoms with Crippen molar-refractivity contribution in [1.82, 2.24) is 0 Å². The Bertz CT molecular complexity index is 560. The lowest BCUT2D eigenvalue weighted by atomic mass is 10.3. The van der Waals surface area contributed by atoms with Crippen molar-refractivity contribution in [3.05, 3.63) is 59.1 Å². The summed E-state index contributed by atoms with van der Waals surface area (Å²) in [5.74, 6) is 2.07. The lowest BCUT2D eigenvalue weighted by Crippen LogP contribution is -2.15. The minimum atomic E-state index is 0.00188. The maximum atomic E-state index is 11.7. The minimum absolute atomic E-state index is 0.00188. The van der Waals surface area contributed by atoms with Gasteiger partial charge in [-0.05, 0) is 36.4 Å². The van der Waals surface area contributed by atoms with Crippen LogP contribution >= 0.6 is 27.7 Å². The summed E-state index contributed by atoms with van der Waals surface area (Å²) in [4.78, 5) is 11.7. The van der Waals surface area contributed by atoms with Gasteiger partial charge in [-0.25, -0.2) is 0 Å². The highest BCUT2D eigenvalue weighted by Gasteiger charge is 2.02. The van der Waals surface area contributed by atoms with Crippen LogP contribution in [0.5, 0.6) is 5.75 Å². The molecule has 2 aromatic carbocycles. The number of carbonyl (C=O) groups is 1. The summed E-state index contributed by atoms with van der Waals surface area (Å²) in [6.07, 6.45) is 0. The SMILES string of the molecule is O=C(CSCCOc1ccccc1)Nc1ccc(Br)cc1. The Morgan fingerprint density at radius 2 is 1.81 bits per heavy atom. The van der Waals surface area contributed by atoms with Crippen molar-refractivity contribution in [2.75, 3.05) is 23.4 Å². The van der Waals surface area contributed by atoms with E-state index in [9.17, 15) is 4.79 Å². The Kier molecular flexibility index (Phi) is 6.63. The van der Waals surface area contributed by atoms with E-state index in [-0.39, 0.29) is 5.91 Å². The number of nitrogens with one attached hydrogen (secondary N) is 1. The van der Waals surface area contributed by atoms with Gasteiger partial charge < -0.3 is 10.1 Å². The highest BCUT2D eigenvalue weighted by atomic mass is 79.9. The number of rotatable bonds is 7. The molecule has 0 fully saturated rings. The van der Waals surface area contributed by atoms with Gasteiger partial charge in [0, 0.05) is 15.9 Å². The predicted molar refractivity (Wildman–Crippen MR) is 92.0 cm³/mol. The van der Waals surface area contributed by atoms with Crippen LogP contribution in [0.2, 0.25) is 0 Å². The monoisotopic (exact) mass is 365 g/mol. The fourth-order valence-electron chi connectivity index (χ4n) is 1.63. The molecule has 0 aromatic heterocycles. The van der Waals surface area contributed by atoms with Crippen LogP contribution in [0.15, 0.2) is 59.1 Å². The number of carbonyl (C=O) groups excluding carboxylic acids is 1. The smallest absolute Gasteiger partial charge is 0.234 e. The van der Waals surface area contributed by atoms with Crippen LogP contribution in [-0.2, 0) is 4.79 Å². The molecule has 3 nitrogen and oxygen atoms in total. The molecule has 0 bridgehead atoms. The number of benzene rings is 2. The Balaban J connectivity index is 1.60. The van der Waals surface area contributed by atoms with E-state index in [0.717, 1.165) is 21.7 Å². The molecular formula is C16H16BrNO2S. The Labute approximate surface area is 137 Å². The second-order valence-electron chi connectivity index (χ2n) is 4.27. The van der Waals surface area contributed by atoms with Crippen LogP contribution < -0.4 is 10.1 Å². The number of para-hydroxylation sites is 1. The number of ether oxygens (including phenoxy) is 1. The van der Waals surface area contributed by atoms with E-state index in [0.29, 0.717) is 12.4 Å². The molecule has 2 rings (SSSR count). The summed E-state index contributed by atoms with van der Waals surface area (Å²) in [6.45, 7) is 0.597. The van der Waals surface area contributed by atoms with E-state index in [1.807, 2.05) is 54.6 Å². The van der Waals surface area contributed by atoms with E-state index < -0.39 is 0 Å². The van der Waals surface area contributed by atoms with Crippen LogP contribution in [0.25, 0.3) is 0 Å². The molecule has 110 valence electrons. The van der Waals surface area contributed by atoms with E-state index >= 15 is 0 Å². The molecule has 0 saturated carbocycles. The second kappa shape index (κ2) is 8.74. The average Bonchev–Trinajstić information content (AvgIpc) is 2.50. The zero-order chi connectivity index (χ0) is 14.9. The zero-order valence-corrected chi connectivity index (χ0v) is 13.8. The lowest BCUT2D eigenvalue weighted by molar-refractivity contribution is -0.113. The molecule has 0 aliphatic heterocycles. The van der Waals surface area contributed by atoms with Gasteiger partial charge in [0.2, 0.25) is 5.91 Å². The third-order valence-corrected chi connectivity index (χ3v) is 4.05. The zero-order valence-electron chi connectivity index (χ0n) is 11.4. The van der Waals surface area contributed by atoms with Crippen LogP contribution in [0.4, 0.5) is 5.69 Å². The van der Waals surface area contributed by atoms with Gasteiger partial charge in [0.05, 0.1) is 12.4 Å². The van der Waals surface area contributed by atoms with Gasteiger partial charge in [-0.3, -0.25) is 4.79 Å². The summed E-state index contributed by atoms with van der Waals surface area (Å²) in [5.41, 5.74) is 0.810. The standard InChI is InChI=1S/C16H16BrNO2S/c17-13-6-8-14(9-7-13)18-16(19)12-21-11-10-20-15-4-2-1-3-5-15/h1-9H,10-12H2,(H,18,19). The van der Waals surface area contributed by atoms with Crippen LogP contribution in [-0.4, -0.2) is 24.0 Å². The molecule has 1 amide bonds. The average molecular weight is 366 g/mol. The highest BCUT2D eigenvalue weighted by molar-refractivity contribution is 9.10. The molecule has 0 radical (unpaired) electrons. The second-order valence-corrected chi connectivity index (χ2v) is 6.29. The third-order valence-electron chi connectivity index (χ3n) is 2.60. The van der Waals surface area contributed by atoms with Gasteiger partial charge in [0.1, 0.15) is 5.75 Å². The fourth-order valence-corrected chi connectivity index (χ4v) is 2.50. The molecule has 0 unspecified atom stereocenters. The number of hydrogen-bond donors (Lipinski definition) is 1. The van der Waals surface area contributed by atoms with Crippen LogP contribution in [0, 0.1) is 0 Å². The van der Waals surface area contributed by atoms with E-state index in [2.05, 4.69) is 21.2 Å². The molecule has 5 heteroatoms. The fraction of sp³-hybridized carbons (Fsp3) is 0.188. The molecule has 0 aliphatic rings. The maximum absolute atomic E-state index is 11.7. The number of hydrogen-bond acceptors (Lipinski definition) is 3. The van der Waals surface area contributed by atoms with Gasteiger partial charge >= 0.3 is 0 Å². The van der Waals surface area contributed by atoms with E-state index in [4.69, 9.17) is 4.74 Å². The van der Waals surface area contributed by atoms with Crippen molar-refractivity contribution in [2.24, 2.45) is 0 Å². The summed E-state index contributed by atoms with van der Waals surface area (Å²) in [7, 11) is 0. The van der Waals surface area contributed by atoms with Crippen LogP contribution in [0.3, 0.4) is 0 Å². The number of anilines is 1. The first kappa shape index (κ1) is 15.9. The molecule has 2 aromatic rings. The highest BCUT2D eigenvalue weighted by Crippen LogP contribution is 2.14. The predicted octanol–water partition coefficient (Wildman–Crippen LogP) is 4.20. The lowest BCUT2D eigenvalue weighted by Gasteiger charge is -2.07. The van der Waals surface area contributed by atoms with Gasteiger partial charge in [-0.15, -0.1) is 11.8 Å². The maximum Gasteiger partial charge on any atom is 0.234 e. The number of amides is 1. The molecule has 0 aliphatic carbocycles. The Hall–Kier alpha value is -1.46. The van der Waals surface area contributed by atoms with Gasteiger partial charge in [0.15, 0.2) is 0 Å². The summed E-state index contributed by atoms with van der Waals surface area (Å²) >= 11 is 4.92. The van der Waals surface area contributed by atoms with E-state index in [1.165, 1.54) is 0 Å². The van der Waals surface area contributed by atoms with Gasteiger partial charge in [-0.1, -0.05) is 34.1 Å². The minimum Gasteiger partial charge on any atom is -0.493 e. The Morgan fingerprint density at radius 1 is 1.10 bits per heavy atom. The number of thioether (sulfide) groups is 1. The largest absolute Gasteiger partial charge is 0.493 e.